The van der Waals surface area contributed by atoms with Crippen LogP contribution in [0.4, 0.5) is 0 Å². The van der Waals surface area contributed by atoms with E-state index in [9.17, 15) is 9.13 Å². The zero-order valence-electron chi connectivity index (χ0n) is 8.67. The fraction of sp³-hybridized carbons (Fsp3) is 1.00. The number of hydrogen-bond donors (Lipinski definition) is 7. The van der Waals surface area contributed by atoms with Crippen LogP contribution in [0.2, 0.25) is 0 Å². The van der Waals surface area contributed by atoms with Crippen LogP contribution in [0.1, 0.15) is 26.2 Å². The summed E-state index contributed by atoms with van der Waals surface area (Å²) in [5.41, 5.74) is 0. The predicted molar refractivity (Wildman–Crippen MR) is 68.7 cm³/mol. The number of aliphatic hydroxyl groups is 1. The lowest BCUT2D eigenvalue weighted by atomic mass is 10.3. The molecule has 0 fully saturated rings. The second kappa shape index (κ2) is 12.4. The molecule has 0 aliphatic carbocycles. The highest BCUT2D eigenvalue weighted by Gasteiger charge is 1.98. The maximum absolute atomic E-state index is 9.19. The molecule has 0 spiro atoms. The van der Waals surface area contributed by atoms with Crippen molar-refractivity contribution in [1.29, 1.82) is 0 Å². The number of thiol groups is 2. The van der Waals surface area contributed by atoms with Crippen LogP contribution in [0.5, 0.6) is 0 Å². The summed E-state index contributed by atoms with van der Waals surface area (Å²) in [6.45, 7) is -5.41. The Balaban J connectivity index is -0.000000160. The maximum atomic E-state index is 9.19. The lowest BCUT2D eigenvalue weighted by Crippen LogP contribution is -1.78. The normalized spacial score (nSPS) is 10.8. The van der Waals surface area contributed by atoms with Crippen molar-refractivity contribution in [3.05, 3.63) is 0 Å². The van der Waals surface area contributed by atoms with Gasteiger partial charge in [-0.3, -0.25) is 0 Å². The molecule has 0 heterocycles. The van der Waals surface area contributed by atoms with E-state index in [2.05, 4.69) is 31.4 Å². The van der Waals surface area contributed by atoms with Gasteiger partial charge in [-0.05, 0) is 6.42 Å². The third kappa shape index (κ3) is 186. The Kier molecular flexibility index (Phi) is 17.2. The summed E-state index contributed by atoms with van der Waals surface area (Å²) < 4.78 is 18.4. The van der Waals surface area contributed by atoms with Crippen molar-refractivity contribution in [2.75, 3.05) is 6.61 Å². The average Bonchev–Trinajstić information content (AvgIpc) is 1.94. The van der Waals surface area contributed by atoms with Crippen molar-refractivity contribution < 1.29 is 33.8 Å². The molecule has 0 unspecified atom stereocenters. The molecule has 0 saturated carbocycles. The van der Waals surface area contributed by atoms with Crippen LogP contribution in [0.15, 0.2) is 0 Å². The molecule has 0 radical (unpaired) electrons. The van der Waals surface area contributed by atoms with Crippen molar-refractivity contribution in [3.8, 4) is 0 Å². The van der Waals surface area contributed by atoms with Crippen LogP contribution in [-0.4, -0.2) is 31.3 Å². The summed E-state index contributed by atoms with van der Waals surface area (Å²) in [7, 11) is 0. The highest BCUT2D eigenvalue weighted by atomic mass is 32.7. The molecule has 0 amide bonds. The minimum absolute atomic E-state index is 0.355. The van der Waals surface area contributed by atoms with Gasteiger partial charge in [0.05, 0.1) is 0 Å². The van der Waals surface area contributed by atoms with Gasteiger partial charge >= 0.3 is 13.6 Å². The van der Waals surface area contributed by atoms with Crippen molar-refractivity contribution >= 4 is 38.1 Å². The van der Waals surface area contributed by atoms with E-state index >= 15 is 0 Å². The van der Waals surface area contributed by atoms with Gasteiger partial charge in [0.25, 0.3) is 0 Å². The molecule has 0 aromatic heterocycles. The molecular weight excluding hydrogens is 298 g/mol. The number of unbranched alkanes of at least 4 members (excludes halogenated alkanes) is 2. The zero-order valence-corrected chi connectivity index (χ0v) is 12.2. The van der Waals surface area contributed by atoms with Gasteiger partial charge in [-0.1, -0.05) is 44.3 Å². The summed E-state index contributed by atoms with van der Waals surface area (Å²) in [5.74, 6) is 0. The summed E-state index contributed by atoms with van der Waals surface area (Å²) in [4.78, 5) is 30.0. The van der Waals surface area contributed by atoms with Crippen molar-refractivity contribution in [1.82, 2.24) is 0 Å². The monoisotopic (exact) mass is 316 g/mol. The van der Waals surface area contributed by atoms with E-state index in [1.54, 1.807) is 0 Å². The van der Waals surface area contributed by atoms with E-state index < -0.39 is 13.6 Å². The lowest BCUT2D eigenvalue weighted by molar-refractivity contribution is 0.284. The van der Waals surface area contributed by atoms with Crippen LogP contribution >= 0.6 is 38.1 Å². The molecule has 5 N–H and O–H groups in total. The van der Waals surface area contributed by atoms with E-state index in [-0.39, 0.29) is 0 Å². The highest BCUT2D eigenvalue weighted by Crippen LogP contribution is 2.39. The first-order valence-electron chi connectivity index (χ1n) is 4.09. The first-order chi connectivity index (χ1) is 6.91. The van der Waals surface area contributed by atoms with E-state index in [1.165, 1.54) is 6.42 Å². The summed E-state index contributed by atoms with van der Waals surface area (Å²) in [5, 5.41) is 8.20. The van der Waals surface area contributed by atoms with E-state index in [0.717, 1.165) is 12.8 Å². The first-order valence-corrected chi connectivity index (χ1v) is 9.62. The Hall–Kier alpha value is 0.960. The average molecular weight is 316 g/mol. The third-order valence-corrected chi connectivity index (χ3v) is 0.762. The molecule has 0 rings (SSSR count). The molecule has 0 aliphatic rings. The minimum atomic E-state index is -3.94. The van der Waals surface area contributed by atoms with Crippen LogP contribution < -0.4 is 0 Å². The van der Waals surface area contributed by atoms with Gasteiger partial charge < -0.3 is 24.7 Å². The van der Waals surface area contributed by atoms with Gasteiger partial charge in [-0.15, -0.1) is 0 Å². The smallest absolute Gasteiger partial charge is 0.380 e. The Morgan fingerprint density at radius 2 is 1.19 bits per heavy atom. The lowest BCUT2D eigenvalue weighted by Gasteiger charge is -1.85. The fourth-order valence-corrected chi connectivity index (χ4v) is 0.362. The summed E-state index contributed by atoms with van der Waals surface area (Å²) in [6.07, 6.45) is 3.33. The Labute approximate surface area is 105 Å². The van der Waals surface area contributed by atoms with Crippen LogP contribution in [-0.2, 0) is 9.13 Å². The number of aliphatic hydroxyl groups excluding tert-OH is 1. The van der Waals surface area contributed by atoms with Crippen LogP contribution in [0.25, 0.3) is 0 Å². The second-order valence-corrected chi connectivity index (χ2v) is 7.64. The SMILES string of the molecule is CCCCCO.O=P(O)(O)S.O=P(O)(O)S. The second-order valence-electron chi connectivity index (χ2n) is 2.46. The van der Waals surface area contributed by atoms with Gasteiger partial charge in [0.2, 0.25) is 0 Å². The van der Waals surface area contributed by atoms with E-state index in [0.29, 0.717) is 6.61 Å². The van der Waals surface area contributed by atoms with Crippen molar-refractivity contribution in [2.45, 2.75) is 26.2 Å². The molecule has 0 bridgehead atoms. The molecule has 102 valence electrons. The Morgan fingerprint density at radius 3 is 1.25 bits per heavy atom. The van der Waals surface area contributed by atoms with Gasteiger partial charge in [-0.2, -0.15) is 0 Å². The van der Waals surface area contributed by atoms with Crippen LogP contribution in [0, 0.1) is 0 Å². The Bertz CT molecular complexity index is 184. The van der Waals surface area contributed by atoms with E-state index in [4.69, 9.17) is 24.7 Å². The Morgan fingerprint density at radius 1 is 0.938 bits per heavy atom. The highest BCUT2D eigenvalue weighted by molar-refractivity contribution is 8.44. The molecule has 0 aromatic rings. The summed E-state index contributed by atoms with van der Waals surface area (Å²) in [6, 6.07) is 0. The molecule has 0 aliphatic heterocycles. The van der Waals surface area contributed by atoms with Crippen LogP contribution in [0.3, 0.4) is 0 Å². The van der Waals surface area contributed by atoms with E-state index in [1.807, 2.05) is 0 Å². The van der Waals surface area contributed by atoms with Gasteiger partial charge in [0.1, 0.15) is 0 Å². The molecule has 11 heteroatoms. The molecule has 0 aromatic carbocycles. The molecule has 0 atom stereocenters. The predicted octanol–water partition coefficient (Wildman–Crippen LogP) is 1.19. The van der Waals surface area contributed by atoms with Crippen molar-refractivity contribution in [3.63, 3.8) is 0 Å². The minimum Gasteiger partial charge on any atom is -0.396 e. The third-order valence-electron chi connectivity index (χ3n) is 0.762. The fourth-order valence-electron chi connectivity index (χ4n) is 0.362. The first kappa shape index (κ1) is 22.2. The quantitative estimate of drug-likeness (QED) is 0.236. The molecular formula is C5H18O7P2S2. The molecule has 0 saturated heterocycles. The number of hydrogen-bond acceptors (Lipinski definition) is 3. The zero-order chi connectivity index (χ0) is 13.8. The van der Waals surface area contributed by atoms with Gasteiger partial charge in [0.15, 0.2) is 0 Å². The van der Waals surface area contributed by atoms with Gasteiger partial charge in [-0.25, -0.2) is 9.13 Å². The molecule has 16 heavy (non-hydrogen) atoms. The van der Waals surface area contributed by atoms with Gasteiger partial charge in [0, 0.05) is 6.61 Å². The molecule has 7 nitrogen and oxygen atoms in total. The summed E-state index contributed by atoms with van der Waals surface area (Å²) >= 11 is 5.58. The number of rotatable bonds is 3. The largest absolute Gasteiger partial charge is 0.396 e. The maximum Gasteiger partial charge on any atom is 0.380 e. The topological polar surface area (TPSA) is 135 Å². The van der Waals surface area contributed by atoms with Crippen molar-refractivity contribution in [2.24, 2.45) is 0 Å². The standard InChI is InChI=1S/C5H12O.2H3O3PS/c1-2-3-4-5-6;2*1-4(2,3)5/h6H,2-5H2,1H3;2*(H3,1,2,3,5).